The van der Waals surface area contributed by atoms with Crippen molar-refractivity contribution in [2.75, 3.05) is 5.75 Å². The van der Waals surface area contributed by atoms with E-state index in [1.165, 1.54) is 4.90 Å². The first-order valence-electron chi connectivity index (χ1n) is 9.87. The Kier molecular flexibility index (Phi) is 7.20. The van der Waals surface area contributed by atoms with Crippen molar-refractivity contribution in [2.24, 2.45) is 0 Å². The minimum atomic E-state index is -2.92. The summed E-state index contributed by atoms with van der Waals surface area (Å²) in [7, 11) is -2.92. The lowest BCUT2D eigenvalue weighted by Gasteiger charge is -2.17. The number of carbonyl (C=O) groups is 2. The highest BCUT2D eigenvalue weighted by Gasteiger charge is 2.36. The Balaban J connectivity index is 1.77. The molecule has 0 bridgehead atoms. The van der Waals surface area contributed by atoms with Crippen LogP contribution in [0.1, 0.15) is 86.1 Å². The van der Waals surface area contributed by atoms with E-state index < -0.39 is 9.84 Å². The van der Waals surface area contributed by atoms with Gasteiger partial charge in [0.15, 0.2) is 9.84 Å². The first-order valence-corrected chi connectivity index (χ1v) is 11.6. The number of nitrogens with zero attached hydrogens (tertiary/aromatic N) is 1. The number of carbonyl (C=O) groups excluding carboxylic acids is 2. The van der Waals surface area contributed by atoms with Crippen LogP contribution >= 0.6 is 0 Å². The van der Waals surface area contributed by atoms with Gasteiger partial charge in [-0.25, -0.2) is 8.42 Å². The highest BCUT2D eigenvalue weighted by molar-refractivity contribution is 7.91. The molecule has 0 radical (unpaired) electrons. The molecule has 2 amide bonds. The van der Waals surface area contributed by atoms with E-state index in [0.717, 1.165) is 44.1 Å². The number of aryl methyl sites for hydroxylation is 1. The average Bonchev–Trinajstić information content (AvgIpc) is 2.84. The SMILES string of the molecule is CC(C)N1C(=O)c2ccc(CCCCCCCS(=O)(=O)C(C)C)cc2C1=O. The van der Waals surface area contributed by atoms with Crippen LogP contribution in [0.15, 0.2) is 18.2 Å². The molecule has 1 aliphatic heterocycles. The molecule has 0 saturated carbocycles. The van der Waals surface area contributed by atoms with Gasteiger partial charge in [-0.1, -0.05) is 25.3 Å². The maximum atomic E-state index is 12.4. The third kappa shape index (κ3) is 5.18. The summed E-state index contributed by atoms with van der Waals surface area (Å²) in [5.74, 6) is -0.121. The second-order valence-electron chi connectivity index (χ2n) is 7.89. The normalized spacial score (nSPS) is 14.5. The molecule has 1 aromatic rings. The van der Waals surface area contributed by atoms with Crippen molar-refractivity contribution in [3.63, 3.8) is 0 Å². The molecule has 0 atom stereocenters. The van der Waals surface area contributed by atoms with E-state index in [2.05, 4.69) is 0 Å². The molecule has 0 aliphatic carbocycles. The number of hydrogen-bond donors (Lipinski definition) is 0. The number of benzene rings is 1. The van der Waals surface area contributed by atoms with Crippen LogP contribution in [0.3, 0.4) is 0 Å². The van der Waals surface area contributed by atoms with Crippen LogP contribution in [0.5, 0.6) is 0 Å². The molecule has 0 saturated heterocycles. The molecule has 27 heavy (non-hydrogen) atoms. The number of rotatable bonds is 10. The Morgan fingerprint density at radius 2 is 1.44 bits per heavy atom. The molecular formula is C21H31NO4S. The Hall–Kier alpha value is -1.69. The number of hydrogen-bond acceptors (Lipinski definition) is 4. The summed E-state index contributed by atoms with van der Waals surface area (Å²) in [6.45, 7) is 7.14. The lowest BCUT2D eigenvalue weighted by molar-refractivity contribution is 0.0609. The van der Waals surface area contributed by atoms with Gasteiger partial charge in [-0.05, 0) is 64.7 Å². The monoisotopic (exact) mass is 393 g/mol. The zero-order valence-electron chi connectivity index (χ0n) is 16.8. The molecule has 1 aliphatic rings. The van der Waals surface area contributed by atoms with Crippen molar-refractivity contribution >= 4 is 21.7 Å². The van der Waals surface area contributed by atoms with Crippen molar-refractivity contribution in [3.05, 3.63) is 34.9 Å². The number of imide groups is 1. The van der Waals surface area contributed by atoms with Crippen molar-refractivity contribution < 1.29 is 18.0 Å². The van der Waals surface area contributed by atoms with Gasteiger partial charge in [-0.3, -0.25) is 14.5 Å². The highest BCUT2D eigenvalue weighted by atomic mass is 32.2. The van der Waals surface area contributed by atoms with Crippen LogP contribution in [-0.2, 0) is 16.3 Å². The lowest BCUT2D eigenvalue weighted by Crippen LogP contribution is -2.35. The quantitative estimate of drug-likeness (QED) is 0.445. The van der Waals surface area contributed by atoms with Crippen LogP contribution < -0.4 is 0 Å². The van der Waals surface area contributed by atoms with E-state index in [-0.39, 0.29) is 28.9 Å². The van der Waals surface area contributed by atoms with E-state index in [4.69, 9.17) is 0 Å². The Morgan fingerprint density at radius 1 is 0.852 bits per heavy atom. The molecular weight excluding hydrogens is 362 g/mol. The Morgan fingerprint density at radius 3 is 2.07 bits per heavy atom. The van der Waals surface area contributed by atoms with E-state index in [0.29, 0.717) is 11.1 Å². The number of amides is 2. The average molecular weight is 394 g/mol. The minimum Gasteiger partial charge on any atom is -0.272 e. The molecule has 6 heteroatoms. The number of fused-ring (bicyclic) bond motifs is 1. The molecule has 0 fully saturated rings. The summed E-state index contributed by atoms with van der Waals surface area (Å²) in [6, 6.07) is 5.42. The minimum absolute atomic E-state index is 0.139. The first kappa shape index (κ1) is 21.6. The smallest absolute Gasteiger partial charge is 0.261 e. The molecule has 0 aromatic heterocycles. The summed E-state index contributed by atoms with van der Waals surface area (Å²) in [5, 5.41) is -0.293. The van der Waals surface area contributed by atoms with Crippen LogP contribution in [0.4, 0.5) is 0 Å². The third-order valence-corrected chi connectivity index (χ3v) is 7.41. The van der Waals surface area contributed by atoms with Gasteiger partial charge in [0, 0.05) is 6.04 Å². The van der Waals surface area contributed by atoms with Gasteiger partial charge in [0.2, 0.25) is 0 Å². The standard InChI is InChI=1S/C21H31NO4S/c1-15(2)22-20(23)18-12-11-17(14-19(18)21(22)24)10-8-6-5-7-9-13-27(25,26)16(3)4/h11-12,14-16H,5-10,13H2,1-4H3. The molecule has 0 unspecified atom stereocenters. The molecule has 5 nitrogen and oxygen atoms in total. The highest BCUT2D eigenvalue weighted by Crippen LogP contribution is 2.26. The molecule has 0 spiro atoms. The molecule has 2 rings (SSSR count). The van der Waals surface area contributed by atoms with E-state index >= 15 is 0 Å². The predicted octanol–water partition coefficient (Wildman–Crippen LogP) is 4.01. The Bertz CT molecular complexity index is 796. The largest absolute Gasteiger partial charge is 0.272 e. The molecule has 1 heterocycles. The fraction of sp³-hybridized carbons (Fsp3) is 0.619. The zero-order chi connectivity index (χ0) is 20.2. The lowest BCUT2D eigenvalue weighted by atomic mass is 10.0. The fourth-order valence-corrected chi connectivity index (χ4v) is 4.41. The first-order chi connectivity index (χ1) is 12.6. The van der Waals surface area contributed by atoms with Crippen molar-refractivity contribution in [1.29, 1.82) is 0 Å². The summed E-state index contributed by atoms with van der Waals surface area (Å²) >= 11 is 0. The third-order valence-electron chi connectivity index (χ3n) is 5.11. The molecule has 0 N–H and O–H groups in total. The van der Waals surface area contributed by atoms with Gasteiger partial charge in [-0.15, -0.1) is 0 Å². The maximum Gasteiger partial charge on any atom is 0.261 e. The van der Waals surface area contributed by atoms with Crippen LogP contribution in [0.25, 0.3) is 0 Å². The number of sulfone groups is 1. The van der Waals surface area contributed by atoms with Gasteiger partial charge in [0.1, 0.15) is 0 Å². The fourth-order valence-electron chi connectivity index (χ4n) is 3.33. The summed E-state index contributed by atoms with van der Waals surface area (Å²) in [4.78, 5) is 26.0. The van der Waals surface area contributed by atoms with Gasteiger partial charge in [-0.2, -0.15) is 0 Å². The van der Waals surface area contributed by atoms with Gasteiger partial charge in [0.25, 0.3) is 11.8 Å². The zero-order valence-corrected chi connectivity index (χ0v) is 17.6. The molecule has 1 aromatic carbocycles. The topological polar surface area (TPSA) is 71.5 Å². The number of unbranched alkanes of at least 4 members (excludes halogenated alkanes) is 4. The van der Waals surface area contributed by atoms with E-state index in [1.807, 2.05) is 26.0 Å². The van der Waals surface area contributed by atoms with E-state index in [9.17, 15) is 18.0 Å². The Labute approximate surface area is 163 Å². The van der Waals surface area contributed by atoms with Gasteiger partial charge < -0.3 is 0 Å². The predicted molar refractivity (Wildman–Crippen MR) is 108 cm³/mol. The second-order valence-corrected chi connectivity index (χ2v) is 10.6. The van der Waals surface area contributed by atoms with Crippen LogP contribution in [-0.4, -0.2) is 42.2 Å². The summed E-state index contributed by atoms with van der Waals surface area (Å²) in [6.07, 6.45) is 5.54. The van der Waals surface area contributed by atoms with Gasteiger partial charge >= 0.3 is 0 Å². The van der Waals surface area contributed by atoms with Crippen molar-refractivity contribution in [2.45, 2.75) is 77.5 Å². The van der Waals surface area contributed by atoms with Crippen LogP contribution in [0, 0.1) is 0 Å². The van der Waals surface area contributed by atoms with Gasteiger partial charge in [0.05, 0.1) is 22.1 Å². The molecule has 150 valence electrons. The second kappa shape index (κ2) is 9.00. The van der Waals surface area contributed by atoms with E-state index in [1.54, 1.807) is 19.9 Å². The van der Waals surface area contributed by atoms with Crippen molar-refractivity contribution in [3.8, 4) is 0 Å². The maximum absolute atomic E-state index is 12.4. The summed E-state index contributed by atoms with van der Waals surface area (Å²) < 4.78 is 23.5. The van der Waals surface area contributed by atoms with Crippen LogP contribution in [0.2, 0.25) is 0 Å². The van der Waals surface area contributed by atoms with Crippen molar-refractivity contribution in [1.82, 2.24) is 4.90 Å². The summed E-state index contributed by atoms with van der Waals surface area (Å²) in [5.41, 5.74) is 2.09.